The molecule has 0 spiro atoms. The van der Waals surface area contributed by atoms with Crippen LogP contribution < -0.4 is 10.6 Å². The van der Waals surface area contributed by atoms with Crippen molar-refractivity contribution in [1.29, 1.82) is 0 Å². The number of fused-ring (bicyclic) bond motifs is 1. The molecule has 0 saturated carbocycles. The van der Waals surface area contributed by atoms with E-state index < -0.39 is 0 Å². The third-order valence-corrected chi connectivity index (χ3v) is 5.40. The normalized spacial score (nSPS) is 24.4. The molecular weight excluding hydrogens is 236 g/mol. The Kier molecular flexibility index (Phi) is 3.72. The summed E-state index contributed by atoms with van der Waals surface area (Å²) < 4.78 is 0. The maximum atomic E-state index is 5.83. The van der Waals surface area contributed by atoms with Crippen molar-refractivity contribution in [3.05, 3.63) is 18.2 Å². The minimum absolute atomic E-state index is 0.495. The van der Waals surface area contributed by atoms with Gasteiger partial charge < -0.3 is 10.6 Å². The number of nitrogens with two attached hydrogens (primary N) is 1. The number of anilines is 1. The highest BCUT2D eigenvalue weighted by Gasteiger charge is 2.28. The van der Waals surface area contributed by atoms with E-state index in [9.17, 15) is 0 Å². The van der Waals surface area contributed by atoms with E-state index in [1.54, 1.807) is 11.8 Å². The van der Waals surface area contributed by atoms with Crippen LogP contribution in [0.15, 0.2) is 28.0 Å². The van der Waals surface area contributed by atoms with Crippen LogP contribution in [0.25, 0.3) is 0 Å². The summed E-state index contributed by atoms with van der Waals surface area (Å²) in [5.74, 6) is 0. The van der Waals surface area contributed by atoms with Crippen LogP contribution in [-0.2, 0) is 0 Å². The number of hydrogen-bond acceptors (Lipinski definition) is 4. The standard InChI is InChI=1S/C12H18N2S2/c1-8-12(7-13)16-11-6-9(15-3)4-5-10(11)14(8)2/h4-6,8,12H,7,13H2,1-3H3. The molecule has 1 aliphatic heterocycles. The van der Waals surface area contributed by atoms with E-state index in [0.29, 0.717) is 11.3 Å². The first kappa shape index (κ1) is 12.1. The largest absolute Gasteiger partial charge is 0.370 e. The zero-order valence-corrected chi connectivity index (χ0v) is 11.6. The van der Waals surface area contributed by atoms with Crippen molar-refractivity contribution in [1.82, 2.24) is 0 Å². The predicted octanol–water partition coefficient (Wildman–Crippen LogP) is 2.67. The number of nitrogens with zero attached hydrogens (tertiary/aromatic N) is 1. The van der Waals surface area contributed by atoms with Gasteiger partial charge in [-0.05, 0) is 31.4 Å². The molecule has 0 saturated heterocycles. The fourth-order valence-electron chi connectivity index (χ4n) is 1.98. The van der Waals surface area contributed by atoms with Gasteiger partial charge in [0, 0.05) is 34.7 Å². The summed E-state index contributed by atoms with van der Waals surface area (Å²) >= 11 is 3.71. The fourth-order valence-corrected chi connectivity index (χ4v) is 3.83. The molecule has 0 fully saturated rings. The SMILES string of the molecule is CSc1ccc2c(c1)SC(CN)C(C)N2C. The monoisotopic (exact) mass is 254 g/mol. The van der Waals surface area contributed by atoms with Crippen LogP contribution in [0.3, 0.4) is 0 Å². The second-order valence-electron chi connectivity index (χ2n) is 4.08. The highest BCUT2D eigenvalue weighted by molar-refractivity contribution is 8.00. The van der Waals surface area contributed by atoms with Gasteiger partial charge in [0.15, 0.2) is 0 Å². The zero-order chi connectivity index (χ0) is 11.7. The highest BCUT2D eigenvalue weighted by atomic mass is 32.2. The molecule has 4 heteroatoms. The van der Waals surface area contributed by atoms with Gasteiger partial charge in [-0.25, -0.2) is 0 Å². The molecular formula is C12H18N2S2. The minimum atomic E-state index is 0.495. The first-order valence-electron chi connectivity index (χ1n) is 5.45. The number of thioether (sulfide) groups is 2. The van der Waals surface area contributed by atoms with E-state index in [0.717, 1.165) is 6.54 Å². The van der Waals surface area contributed by atoms with Crippen molar-refractivity contribution in [3.63, 3.8) is 0 Å². The van der Waals surface area contributed by atoms with E-state index in [2.05, 4.69) is 43.3 Å². The molecule has 2 unspecified atom stereocenters. The van der Waals surface area contributed by atoms with Gasteiger partial charge in [-0.15, -0.1) is 23.5 Å². The Bertz CT molecular complexity index is 381. The van der Waals surface area contributed by atoms with Gasteiger partial charge in [-0.2, -0.15) is 0 Å². The molecule has 2 N–H and O–H groups in total. The second-order valence-corrected chi connectivity index (χ2v) is 6.24. The third-order valence-electron chi connectivity index (χ3n) is 3.21. The molecule has 88 valence electrons. The molecule has 2 rings (SSSR count). The van der Waals surface area contributed by atoms with Crippen LogP contribution in [0.5, 0.6) is 0 Å². The molecule has 2 atom stereocenters. The lowest BCUT2D eigenvalue weighted by molar-refractivity contribution is 0.636. The summed E-state index contributed by atoms with van der Waals surface area (Å²) in [6.07, 6.45) is 2.11. The summed E-state index contributed by atoms with van der Waals surface area (Å²) in [5, 5.41) is 0.495. The van der Waals surface area contributed by atoms with Gasteiger partial charge in [0.2, 0.25) is 0 Å². The molecule has 1 aromatic rings. The number of rotatable bonds is 2. The Morgan fingerprint density at radius 1 is 1.50 bits per heavy atom. The van der Waals surface area contributed by atoms with Crippen LogP contribution in [0.1, 0.15) is 6.92 Å². The Labute approximate surface area is 106 Å². The van der Waals surface area contributed by atoms with Crippen molar-refractivity contribution in [2.45, 2.75) is 28.0 Å². The Hall–Kier alpha value is -0.320. The molecule has 0 aromatic heterocycles. The minimum Gasteiger partial charge on any atom is -0.370 e. The van der Waals surface area contributed by atoms with Crippen LogP contribution in [-0.4, -0.2) is 31.1 Å². The predicted molar refractivity (Wildman–Crippen MR) is 74.8 cm³/mol. The lowest BCUT2D eigenvalue weighted by Crippen LogP contribution is -2.43. The highest BCUT2D eigenvalue weighted by Crippen LogP contribution is 2.41. The van der Waals surface area contributed by atoms with Crippen molar-refractivity contribution in [2.24, 2.45) is 5.73 Å². The molecule has 2 nitrogen and oxygen atoms in total. The molecule has 0 aliphatic carbocycles. The third kappa shape index (κ3) is 2.06. The second kappa shape index (κ2) is 4.90. The first-order valence-corrected chi connectivity index (χ1v) is 7.55. The lowest BCUT2D eigenvalue weighted by atomic mass is 10.1. The van der Waals surface area contributed by atoms with Crippen LogP contribution in [0, 0.1) is 0 Å². The van der Waals surface area contributed by atoms with Gasteiger partial charge in [0.25, 0.3) is 0 Å². The summed E-state index contributed by atoms with van der Waals surface area (Å²) in [5.41, 5.74) is 7.16. The average molecular weight is 254 g/mol. The molecule has 0 radical (unpaired) electrons. The Balaban J connectivity index is 2.38. The van der Waals surface area contributed by atoms with E-state index in [-0.39, 0.29) is 0 Å². The van der Waals surface area contributed by atoms with Crippen molar-refractivity contribution in [3.8, 4) is 0 Å². The van der Waals surface area contributed by atoms with Crippen LogP contribution in [0.2, 0.25) is 0 Å². The molecule has 16 heavy (non-hydrogen) atoms. The maximum Gasteiger partial charge on any atom is 0.0505 e. The Morgan fingerprint density at radius 2 is 2.25 bits per heavy atom. The fraction of sp³-hybridized carbons (Fsp3) is 0.500. The Morgan fingerprint density at radius 3 is 2.88 bits per heavy atom. The van der Waals surface area contributed by atoms with Crippen molar-refractivity contribution >= 4 is 29.2 Å². The molecule has 0 bridgehead atoms. The van der Waals surface area contributed by atoms with Gasteiger partial charge in [0.05, 0.1) is 5.69 Å². The molecule has 0 amide bonds. The van der Waals surface area contributed by atoms with E-state index in [4.69, 9.17) is 5.73 Å². The van der Waals surface area contributed by atoms with Crippen molar-refractivity contribution in [2.75, 3.05) is 24.7 Å². The van der Waals surface area contributed by atoms with E-state index in [1.807, 2.05) is 11.8 Å². The zero-order valence-electron chi connectivity index (χ0n) is 9.93. The van der Waals surface area contributed by atoms with Gasteiger partial charge in [-0.3, -0.25) is 0 Å². The van der Waals surface area contributed by atoms with E-state index in [1.165, 1.54) is 15.5 Å². The summed E-state index contributed by atoms with van der Waals surface area (Å²) in [6, 6.07) is 7.19. The van der Waals surface area contributed by atoms with Gasteiger partial charge in [0.1, 0.15) is 0 Å². The summed E-state index contributed by atoms with van der Waals surface area (Å²) in [4.78, 5) is 5.03. The first-order chi connectivity index (χ1) is 7.67. The average Bonchev–Trinajstić information content (AvgIpc) is 2.33. The topological polar surface area (TPSA) is 29.3 Å². The summed E-state index contributed by atoms with van der Waals surface area (Å²) in [6.45, 7) is 2.98. The molecule has 1 aliphatic rings. The maximum absolute atomic E-state index is 5.83. The number of hydrogen-bond donors (Lipinski definition) is 1. The van der Waals surface area contributed by atoms with Crippen molar-refractivity contribution < 1.29 is 0 Å². The number of benzene rings is 1. The van der Waals surface area contributed by atoms with Gasteiger partial charge >= 0.3 is 0 Å². The van der Waals surface area contributed by atoms with E-state index >= 15 is 0 Å². The smallest absolute Gasteiger partial charge is 0.0505 e. The van der Waals surface area contributed by atoms with Gasteiger partial charge in [-0.1, -0.05) is 0 Å². The quantitative estimate of drug-likeness (QED) is 0.822. The summed E-state index contributed by atoms with van der Waals surface area (Å²) in [7, 11) is 2.16. The lowest BCUT2D eigenvalue weighted by Gasteiger charge is -2.38. The molecule has 1 heterocycles. The van der Waals surface area contributed by atoms with Crippen LogP contribution >= 0.6 is 23.5 Å². The molecule has 1 aromatic carbocycles. The van der Waals surface area contributed by atoms with Crippen LogP contribution in [0.4, 0.5) is 5.69 Å².